The first-order chi connectivity index (χ1) is 17.1. The van der Waals surface area contributed by atoms with Crippen LogP contribution in [-0.4, -0.2) is 18.9 Å². The second-order valence-corrected chi connectivity index (χ2v) is 9.52. The van der Waals surface area contributed by atoms with E-state index in [1.54, 1.807) is 19.2 Å². The van der Waals surface area contributed by atoms with Gasteiger partial charge < -0.3 is 9.47 Å². The Kier molecular flexibility index (Phi) is 13.4. The first-order valence-electron chi connectivity index (χ1n) is 13.2. The molecule has 0 aliphatic rings. The largest absolute Gasteiger partial charge is 0.496 e. The molecular weight excluding hydrogens is 440 g/mol. The molecule has 0 aromatic heterocycles. The van der Waals surface area contributed by atoms with Gasteiger partial charge in [0.05, 0.1) is 30.9 Å². The number of nitroso groups, excluding NO2 is 1. The van der Waals surface area contributed by atoms with Gasteiger partial charge in [-0.3, -0.25) is 10.7 Å². The van der Waals surface area contributed by atoms with Gasteiger partial charge in [-0.1, -0.05) is 94.9 Å². The molecule has 2 aromatic rings. The van der Waals surface area contributed by atoms with Gasteiger partial charge in [-0.15, -0.1) is 4.91 Å². The van der Waals surface area contributed by atoms with E-state index < -0.39 is 0 Å². The van der Waals surface area contributed by atoms with Gasteiger partial charge in [-0.05, 0) is 37.6 Å². The van der Waals surface area contributed by atoms with E-state index in [0.717, 1.165) is 18.4 Å². The first kappa shape index (κ1) is 28.8. The van der Waals surface area contributed by atoms with E-state index in [9.17, 15) is 10.1 Å². The Hall–Kier alpha value is -2.44. The summed E-state index contributed by atoms with van der Waals surface area (Å²) in [6, 6.07) is 7.04. The molecule has 2 N–H and O–H groups in total. The van der Waals surface area contributed by atoms with E-state index in [0.29, 0.717) is 34.5 Å². The molecule has 0 heterocycles. The van der Waals surface area contributed by atoms with Crippen molar-refractivity contribution in [2.45, 2.75) is 97.5 Å². The summed E-state index contributed by atoms with van der Waals surface area (Å²) < 4.78 is 12.1. The third kappa shape index (κ3) is 8.93. The Bertz CT molecular complexity index is 938. The molecule has 194 valence electrons. The summed E-state index contributed by atoms with van der Waals surface area (Å²) in [7, 11) is 1.61. The highest BCUT2D eigenvalue weighted by Gasteiger charge is 2.21. The lowest BCUT2D eigenvalue weighted by atomic mass is 9.96. The molecule has 0 aliphatic heterocycles. The fourth-order valence-corrected chi connectivity index (χ4v) is 4.54. The van der Waals surface area contributed by atoms with Crippen molar-refractivity contribution in [1.82, 2.24) is 0 Å². The van der Waals surface area contributed by atoms with Gasteiger partial charge in [0.2, 0.25) is 0 Å². The van der Waals surface area contributed by atoms with Crippen LogP contribution < -0.4 is 10.2 Å². The summed E-state index contributed by atoms with van der Waals surface area (Å²) in [5.74, 6) is 0.596. The van der Waals surface area contributed by atoms with E-state index in [2.05, 4.69) is 37.5 Å². The van der Waals surface area contributed by atoms with Crippen LogP contribution >= 0.6 is 0 Å². The van der Waals surface area contributed by atoms with Crippen LogP contribution in [0.5, 0.6) is 5.75 Å². The fourth-order valence-electron chi connectivity index (χ4n) is 4.54. The maximum absolute atomic E-state index is 11.4. The van der Waals surface area contributed by atoms with Gasteiger partial charge in [0, 0.05) is 10.9 Å². The smallest absolute Gasteiger partial charge is 0.134 e. The molecule has 0 bridgehead atoms. The minimum Gasteiger partial charge on any atom is -0.496 e. The lowest BCUT2D eigenvalue weighted by Gasteiger charge is -2.22. The van der Waals surface area contributed by atoms with Crippen molar-refractivity contribution in [3.8, 4) is 5.75 Å². The van der Waals surface area contributed by atoms with Crippen LogP contribution in [0.2, 0.25) is 0 Å². The summed E-state index contributed by atoms with van der Waals surface area (Å²) in [5.41, 5.74) is 5.13. The number of methoxy groups -OCH3 is 1. The fraction of sp³-hybridized carbons (Fsp3) is 0.586. The average Bonchev–Trinajstić information content (AvgIpc) is 2.87. The number of rotatable bonds is 18. The standard InChI is InChI=1S/C29H44N2O4/c1-5-6-7-8-9-10-11-12-13-14-15-27(35-21-20-22(2)3)24-17-16-23-25(30-32)18-19-26(31-33)28(23)29(24)34-4/h16-20,27,31,33H,5-15,21H2,1-4H3. The Labute approximate surface area is 211 Å². The molecule has 1 unspecified atom stereocenters. The van der Waals surface area contributed by atoms with Gasteiger partial charge in [0.1, 0.15) is 11.4 Å². The number of hydrogen-bond acceptors (Lipinski definition) is 6. The van der Waals surface area contributed by atoms with Crippen LogP contribution in [0.4, 0.5) is 11.4 Å². The number of fused-ring (bicyclic) bond motifs is 1. The number of unbranched alkanes of at least 4 members (excludes halogenated alkanes) is 9. The van der Waals surface area contributed by atoms with Gasteiger partial charge >= 0.3 is 0 Å². The van der Waals surface area contributed by atoms with Crippen molar-refractivity contribution in [3.63, 3.8) is 0 Å². The number of allylic oxidation sites excluding steroid dienone is 1. The molecule has 0 fully saturated rings. The quantitative estimate of drug-likeness (QED) is 0.0953. The minimum atomic E-state index is -0.154. The Morgan fingerprint density at radius 3 is 2.23 bits per heavy atom. The zero-order valence-electron chi connectivity index (χ0n) is 22.1. The number of anilines is 1. The SMILES string of the molecule is CCCCCCCCCCCCC(OCC=C(C)C)c1ccc2c(N=O)ccc(NO)c2c1OC. The molecule has 6 heteroatoms. The zero-order valence-corrected chi connectivity index (χ0v) is 22.1. The molecule has 0 amide bonds. The minimum absolute atomic E-state index is 0.154. The van der Waals surface area contributed by atoms with Crippen molar-refractivity contribution >= 4 is 22.1 Å². The van der Waals surface area contributed by atoms with Crippen molar-refractivity contribution in [2.24, 2.45) is 5.18 Å². The first-order valence-corrected chi connectivity index (χ1v) is 13.2. The van der Waals surface area contributed by atoms with Crippen molar-refractivity contribution in [2.75, 3.05) is 19.2 Å². The van der Waals surface area contributed by atoms with Gasteiger partial charge in [-0.2, -0.15) is 0 Å². The molecule has 0 spiro atoms. The number of hydrogen-bond donors (Lipinski definition) is 2. The predicted molar refractivity (Wildman–Crippen MR) is 146 cm³/mol. The third-order valence-electron chi connectivity index (χ3n) is 6.52. The van der Waals surface area contributed by atoms with Crippen molar-refractivity contribution < 1.29 is 14.7 Å². The highest BCUT2D eigenvalue weighted by atomic mass is 16.5. The summed E-state index contributed by atoms with van der Waals surface area (Å²) in [5, 5.41) is 14.1. The Morgan fingerprint density at radius 2 is 1.66 bits per heavy atom. The maximum atomic E-state index is 11.4. The monoisotopic (exact) mass is 484 g/mol. The van der Waals surface area contributed by atoms with E-state index >= 15 is 0 Å². The predicted octanol–water partition coefficient (Wildman–Crippen LogP) is 9.38. The van der Waals surface area contributed by atoms with E-state index in [-0.39, 0.29) is 6.10 Å². The molecular formula is C29H44N2O4. The molecule has 2 rings (SSSR count). The molecule has 6 nitrogen and oxygen atoms in total. The molecule has 2 aromatic carbocycles. The lowest BCUT2D eigenvalue weighted by molar-refractivity contribution is 0.0632. The van der Waals surface area contributed by atoms with Crippen LogP contribution in [0, 0.1) is 4.91 Å². The highest BCUT2D eigenvalue weighted by Crippen LogP contribution is 2.43. The van der Waals surface area contributed by atoms with E-state index in [4.69, 9.17) is 9.47 Å². The third-order valence-corrected chi connectivity index (χ3v) is 6.52. The molecule has 1 atom stereocenters. The lowest BCUT2D eigenvalue weighted by Crippen LogP contribution is -2.08. The van der Waals surface area contributed by atoms with Crippen LogP contribution in [0.1, 0.15) is 103 Å². The van der Waals surface area contributed by atoms with E-state index in [1.165, 1.54) is 63.4 Å². The summed E-state index contributed by atoms with van der Waals surface area (Å²) in [6.07, 6.45) is 15.6. The second-order valence-electron chi connectivity index (χ2n) is 9.52. The van der Waals surface area contributed by atoms with Gasteiger partial charge in [-0.25, -0.2) is 0 Å². The topological polar surface area (TPSA) is 80.2 Å². The van der Waals surface area contributed by atoms with Crippen LogP contribution in [0.25, 0.3) is 10.8 Å². The summed E-state index contributed by atoms with van der Waals surface area (Å²) in [4.78, 5) is 11.4. The highest BCUT2D eigenvalue weighted by molar-refractivity contribution is 6.05. The Morgan fingerprint density at radius 1 is 1.00 bits per heavy atom. The van der Waals surface area contributed by atoms with Crippen LogP contribution in [0.3, 0.4) is 0 Å². The average molecular weight is 485 g/mol. The zero-order chi connectivity index (χ0) is 25.5. The van der Waals surface area contributed by atoms with Crippen LogP contribution in [0.15, 0.2) is 41.1 Å². The normalized spacial score (nSPS) is 11.9. The summed E-state index contributed by atoms with van der Waals surface area (Å²) in [6.45, 7) is 6.90. The van der Waals surface area contributed by atoms with Crippen molar-refractivity contribution in [1.29, 1.82) is 0 Å². The van der Waals surface area contributed by atoms with Gasteiger partial charge in [0.15, 0.2) is 0 Å². The van der Waals surface area contributed by atoms with Gasteiger partial charge in [0.25, 0.3) is 0 Å². The van der Waals surface area contributed by atoms with Crippen molar-refractivity contribution in [3.05, 3.63) is 46.4 Å². The molecule has 0 saturated carbocycles. The van der Waals surface area contributed by atoms with Crippen LogP contribution in [-0.2, 0) is 4.74 Å². The maximum Gasteiger partial charge on any atom is 0.134 e. The molecule has 0 aliphatic carbocycles. The number of ether oxygens (including phenoxy) is 2. The Balaban J connectivity index is 2.14. The molecule has 0 saturated heterocycles. The second kappa shape index (κ2) is 16.3. The summed E-state index contributed by atoms with van der Waals surface area (Å²) >= 11 is 0. The number of nitrogens with one attached hydrogen (secondary N) is 1. The van der Waals surface area contributed by atoms with E-state index in [1.807, 2.05) is 12.1 Å². The number of benzene rings is 2. The number of nitrogens with zero attached hydrogens (tertiary/aromatic N) is 1. The molecule has 35 heavy (non-hydrogen) atoms. The molecule has 0 radical (unpaired) electrons.